The zero-order valence-corrected chi connectivity index (χ0v) is 13.4. The molecule has 102 valence electrons. The minimum Gasteiger partial charge on any atom is -0.335 e. The molecule has 0 atom stereocenters. The summed E-state index contributed by atoms with van der Waals surface area (Å²) < 4.78 is 0.771. The van der Waals surface area contributed by atoms with E-state index < -0.39 is 0 Å². The molecule has 2 N–H and O–H groups in total. The fraction of sp³-hybridized carbons (Fsp3) is 0.400. The number of H-pyrrole nitrogens is 1. The van der Waals surface area contributed by atoms with E-state index in [1.54, 1.807) is 0 Å². The van der Waals surface area contributed by atoms with Gasteiger partial charge in [-0.05, 0) is 34.0 Å². The molecule has 0 bridgehead atoms. The molecule has 0 saturated carbocycles. The minimum atomic E-state index is 0.179. The maximum absolute atomic E-state index is 4.51. The molecule has 0 aliphatic heterocycles. The molecule has 2 rings (SSSR count). The molecule has 1 heterocycles. The highest BCUT2D eigenvalue weighted by Crippen LogP contribution is 2.27. The molecule has 1 aromatic carbocycles. The lowest BCUT2D eigenvalue weighted by Crippen LogP contribution is -2.10. The number of nitrogens with one attached hydrogen (secondary N) is 2. The predicted octanol–water partition coefficient (Wildman–Crippen LogP) is 3.86. The van der Waals surface area contributed by atoms with Gasteiger partial charge in [0.05, 0.1) is 11.4 Å². The Morgan fingerprint density at radius 3 is 2.37 bits per heavy atom. The number of imidazole rings is 1. The number of halogens is 1. The van der Waals surface area contributed by atoms with Crippen molar-refractivity contribution in [3.8, 4) is 11.3 Å². The predicted molar refractivity (Wildman–Crippen MR) is 83.2 cm³/mol. The van der Waals surface area contributed by atoms with Crippen LogP contribution in [0.15, 0.2) is 29.0 Å². The Morgan fingerprint density at radius 1 is 1.21 bits per heavy atom. The molecule has 0 radical (unpaired) electrons. The van der Waals surface area contributed by atoms with E-state index in [4.69, 9.17) is 0 Å². The van der Waals surface area contributed by atoms with E-state index in [9.17, 15) is 0 Å². The summed E-state index contributed by atoms with van der Waals surface area (Å²) in [6.45, 7) is 7.44. The Morgan fingerprint density at radius 2 is 1.84 bits per heavy atom. The van der Waals surface area contributed by atoms with Crippen molar-refractivity contribution in [1.29, 1.82) is 0 Å². The van der Waals surface area contributed by atoms with Crippen molar-refractivity contribution in [2.45, 2.75) is 32.7 Å². The van der Waals surface area contributed by atoms with E-state index in [0.717, 1.165) is 28.2 Å². The van der Waals surface area contributed by atoms with Gasteiger partial charge < -0.3 is 10.3 Å². The van der Waals surface area contributed by atoms with Gasteiger partial charge in [-0.25, -0.2) is 4.98 Å². The molecule has 0 spiro atoms. The van der Waals surface area contributed by atoms with Crippen LogP contribution in [0.5, 0.6) is 0 Å². The number of benzene rings is 1. The molecule has 0 aliphatic rings. The molecular formula is C15H20BrN3. The maximum Gasteiger partial charge on any atom is 0.175 e. The second-order valence-corrected chi connectivity index (χ2v) is 6.46. The second-order valence-electron chi connectivity index (χ2n) is 5.71. The van der Waals surface area contributed by atoms with Crippen LogP contribution in [0, 0.1) is 0 Å². The van der Waals surface area contributed by atoms with Crippen LogP contribution < -0.4 is 5.32 Å². The van der Waals surface area contributed by atoms with E-state index in [1.165, 1.54) is 5.56 Å². The third-order valence-electron chi connectivity index (χ3n) is 3.13. The highest BCUT2D eigenvalue weighted by Gasteiger charge is 2.15. The van der Waals surface area contributed by atoms with Crippen LogP contribution >= 0.6 is 15.9 Å². The molecule has 0 unspecified atom stereocenters. The maximum atomic E-state index is 4.51. The van der Waals surface area contributed by atoms with Crippen molar-refractivity contribution in [2.24, 2.45) is 0 Å². The molecule has 4 heteroatoms. The van der Waals surface area contributed by atoms with Crippen LogP contribution in [0.2, 0.25) is 0 Å². The zero-order chi connectivity index (χ0) is 14.0. The summed E-state index contributed by atoms with van der Waals surface area (Å²) in [7, 11) is 1.93. The summed E-state index contributed by atoms with van der Waals surface area (Å²) >= 11 is 3.40. The van der Waals surface area contributed by atoms with E-state index in [1.807, 2.05) is 7.05 Å². The van der Waals surface area contributed by atoms with Gasteiger partial charge in [-0.15, -0.1) is 0 Å². The average molecular weight is 322 g/mol. The summed E-state index contributed by atoms with van der Waals surface area (Å²) in [6, 6.07) is 8.65. The summed E-state index contributed by atoms with van der Waals surface area (Å²) in [4.78, 5) is 7.74. The quantitative estimate of drug-likeness (QED) is 0.901. The Kier molecular flexibility index (Phi) is 4.11. The largest absolute Gasteiger partial charge is 0.335 e. The van der Waals surface area contributed by atoms with E-state index in [2.05, 4.69) is 76.3 Å². The van der Waals surface area contributed by atoms with Gasteiger partial charge in [0.25, 0.3) is 0 Å². The van der Waals surface area contributed by atoms with Crippen molar-refractivity contribution < 1.29 is 0 Å². The topological polar surface area (TPSA) is 40.7 Å². The standard InChI is InChI=1S/C15H20BrN3/c1-15(2,3)11-7-5-10(6-8-11)13-12(9-17-4)18-14(16)19-13/h5-8,17H,9H2,1-4H3,(H,18,19). The molecule has 0 saturated heterocycles. The lowest BCUT2D eigenvalue weighted by atomic mass is 9.86. The summed E-state index contributed by atoms with van der Waals surface area (Å²) in [5.41, 5.74) is 4.75. The van der Waals surface area contributed by atoms with Crippen molar-refractivity contribution in [3.63, 3.8) is 0 Å². The number of nitrogens with zero attached hydrogens (tertiary/aromatic N) is 1. The smallest absolute Gasteiger partial charge is 0.175 e. The van der Waals surface area contributed by atoms with E-state index in [-0.39, 0.29) is 5.41 Å². The van der Waals surface area contributed by atoms with Gasteiger partial charge in [-0.3, -0.25) is 0 Å². The fourth-order valence-corrected chi connectivity index (χ4v) is 2.47. The third-order valence-corrected chi connectivity index (χ3v) is 3.50. The number of aromatic amines is 1. The number of hydrogen-bond acceptors (Lipinski definition) is 2. The van der Waals surface area contributed by atoms with Gasteiger partial charge >= 0.3 is 0 Å². The number of rotatable bonds is 3. The number of aromatic nitrogens is 2. The highest BCUT2D eigenvalue weighted by molar-refractivity contribution is 9.10. The molecule has 0 amide bonds. The highest BCUT2D eigenvalue weighted by atomic mass is 79.9. The zero-order valence-electron chi connectivity index (χ0n) is 11.8. The Labute approximate surface area is 123 Å². The van der Waals surface area contributed by atoms with Gasteiger partial charge in [0, 0.05) is 12.1 Å². The second kappa shape index (κ2) is 5.47. The van der Waals surface area contributed by atoms with E-state index in [0.29, 0.717) is 0 Å². The van der Waals surface area contributed by atoms with Gasteiger partial charge in [-0.1, -0.05) is 45.0 Å². The van der Waals surface area contributed by atoms with E-state index >= 15 is 0 Å². The van der Waals surface area contributed by atoms with Crippen LogP contribution in [-0.2, 0) is 12.0 Å². The Hall–Kier alpha value is -1.13. The van der Waals surface area contributed by atoms with Gasteiger partial charge in [0.1, 0.15) is 0 Å². The van der Waals surface area contributed by atoms with Crippen molar-refractivity contribution in [3.05, 3.63) is 40.3 Å². The third kappa shape index (κ3) is 3.25. The molecule has 2 aromatic rings. The lowest BCUT2D eigenvalue weighted by molar-refractivity contribution is 0.590. The van der Waals surface area contributed by atoms with Crippen LogP contribution in [0.4, 0.5) is 0 Å². The molecule has 0 fully saturated rings. The van der Waals surface area contributed by atoms with Gasteiger partial charge in [0.15, 0.2) is 4.73 Å². The SMILES string of the molecule is CNCc1[nH]c(Br)nc1-c1ccc(C(C)(C)C)cc1. The Bertz CT molecular complexity index is 550. The lowest BCUT2D eigenvalue weighted by Gasteiger charge is -2.19. The first kappa shape index (κ1) is 14.3. The monoisotopic (exact) mass is 321 g/mol. The first-order chi connectivity index (χ1) is 8.91. The average Bonchev–Trinajstić information content (AvgIpc) is 2.70. The molecule has 19 heavy (non-hydrogen) atoms. The van der Waals surface area contributed by atoms with Crippen LogP contribution in [0.1, 0.15) is 32.0 Å². The first-order valence-electron chi connectivity index (χ1n) is 6.41. The Balaban J connectivity index is 2.37. The number of hydrogen-bond donors (Lipinski definition) is 2. The molecular weight excluding hydrogens is 302 g/mol. The summed E-state index contributed by atoms with van der Waals surface area (Å²) in [5.74, 6) is 0. The fourth-order valence-electron chi connectivity index (χ4n) is 2.05. The molecule has 1 aromatic heterocycles. The first-order valence-corrected chi connectivity index (χ1v) is 7.21. The van der Waals surface area contributed by atoms with Crippen molar-refractivity contribution >= 4 is 15.9 Å². The van der Waals surface area contributed by atoms with Crippen LogP contribution in [-0.4, -0.2) is 17.0 Å². The minimum absolute atomic E-state index is 0.179. The summed E-state index contributed by atoms with van der Waals surface area (Å²) in [6.07, 6.45) is 0. The van der Waals surface area contributed by atoms with Crippen molar-refractivity contribution in [2.75, 3.05) is 7.05 Å². The normalized spacial score (nSPS) is 11.8. The van der Waals surface area contributed by atoms with Crippen molar-refractivity contribution in [1.82, 2.24) is 15.3 Å². The molecule has 3 nitrogen and oxygen atoms in total. The van der Waals surface area contributed by atoms with Gasteiger partial charge in [0.2, 0.25) is 0 Å². The summed E-state index contributed by atoms with van der Waals surface area (Å²) in [5, 5.41) is 3.15. The van der Waals surface area contributed by atoms with Crippen LogP contribution in [0.3, 0.4) is 0 Å². The molecule has 0 aliphatic carbocycles. The van der Waals surface area contributed by atoms with Gasteiger partial charge in [-0.2, -0.15) is 0 Å². The van der Waals surface area contributed by atoms with Crippen LogP contribution in [0.25, 0.3) is 11.3 Å².